The Kier molecular flexibility index (Phi) is 3.70. The van der Waals surface area contributed by atoms with Gasteiger partial charge in [-0.25, -0.2) is 9.67 Å². The number of hydrogen-bond donors (Lipinski definition) is 2. The maximum Gasteiger partial charge on any atom is 0.262 e. The third-order valence-corrected chi connectivity index (χ3v) is 5.09. The highest BCUT2D eigenvalue weighted by atomic mass is 16.1. The highest BCUT2D eigenvalue weighted by molar-refractivity contribution is 5.73. The van der Waals surface area contributed by atoms with Gasteiger partial charge in [-0.2, -0.15) is 5.10 Å². The average Bonchev–Trinajstić information content (AvgIpc) is 3.01. The van der Waals surface area contributed by atoms with Crippen LogP contribution >= 0.6 is 0 Å². The first-order valence-electron chi connectivity index (χ1n) is 8.51. The van der Waals surface area contributed by atoms with Crippen molar-refractivity contribution in [3.63, 3.8) is 0 Å². The van der Waals surface area contributed by atoms with Gasteiger partial charge in [0.15, 0.2) is 5.65 Å². The van der Waals surface area contributed by atoms with Crippen LogP contribution in [0.2, 0.25) is 0 Å². The van der Waals surface area contributed by atoms with Crippen LogP contribution in [0.4, 0.5) is 0 Å². The maximum atomic E-state index is 12.4. The molecule has 1 saturated heterocycles. The number of nitrogens with one attached hydrogen (secondary N) is 2. The highest BCUT2D eigenvalue weighted by Gasteiger charge is 2.23. The van der Waals surface area contributed by atoms with Crippen molar-refractivity contribution < 1.29 is 0 Å². The van der Waals surface area contributed by atoms with Crippen molar-refractivity contribution in [3.05, 3.63) is 22.4 Å². The quantitative estimate of drug-likeness (QED) is 0.890. The lowest BCUT2D eigenvalue weighted by molar-refractivity contribution is 0.335. The van der Waals surface area contributed by atoms with E-state index in [4.69, 9.17) is 4.98 Å². The summed E-state index contributed by atoms with van der Waals surface area (Å²) in [6, 6.07) is 0.401. The maximum absolute atomic E-state index is 12.4. The summed E-state index contributed by atoms with van der Waals surface area (Å²) in [5, 5.41) is 8.50. The van der Waals surface area contributed by atoms with E-state index in [1.165, 1.54) is 19.3 Å². The molecule has 2 aromatic heterocycles. The van der Waals surface area contributed by atoms with E-state index in [1.807, 2.05) is 4.68 Å². The molecule has 1 saturated carbocycles. The Morgan fingerprint density at radius 1 is 1.14 bits per heavy atom. The zero-order valence-corrected chi connectivity index (χ0v) is 12.8. The van der Waals surface area contributed by atoms with Crippen molar-refractivity contribution in [1.82, 2.24) is 25.1 Å². The standard InChI is InChI=1S/C16H23N5O/c22-16-13-10-18-21(12-6-2-1-3-7-12)15(13)19-14(20-16)11-5-4-8-17-9-11/h10-12,17H,1-9H2,(H,19,20,22). The second-order valence-corrected chi connectivity index (χ2v) is 6.61. The molecule has 2 aliphatic rings. The Bertz CT molecular complexity index is 707. The molecular weight excluding hydrogens is 278 g/mol. The van der Waals surface area contributed by atoms with E-state index in [0.29, 0.717) is 17.3 Å². The van der Waals surface area contributed by atoms with Crippen molar-refractivity contribution >= 4 is 11.0 Å². The molecule has 0 aromatic carbocycles. The molecular formula is C16H23N5O. The second kappa shape index (κ2) is 5.83. The normalized spacial score (nSPS) is 23.9. The molecule has 0 amide bonds. The average molecular weight is 301 g/mol. The lowest BCUT2D eigenvalue weighted by atomic mass is 9.96. The third kappa shape index (κ3) is 2.45. The van der Waals surface area contributed by atoms with Gasteiger partial charge < -0.3 is 10.3 Å². The number of rotatable bonds is 2. The predicted octanol–water partition coefficient (Wildman–Crippen LogP) is 2.09. The minimum Gasteiger partial charge on any atom is -0.316 e. The van der Waals surface area contributed by atoms with Gasteiger partial charge in [0.05, 0.1) is 12.2 Å². The van der Waals surface area contributed by atoms with Crippen LogP contribution < -0.4 is 10.9 Å². The minimum absolute atomic E-state index is 0.0485. The third-order valence-electron chi connectivity index (χ3n) is 5.09. The molecule has 2 N–H and O–H groups in total. The molecule has 1 aliphatic carbocycles. The zero-order valence-electron chi connectivity index (χ0n) is 12.8. The highest BCUT2D eigenvalue weighted by Crippen LogP contribution is 2.29. The van der Waals surface area contributed by atoms with Crippen molar-refractivity contribution in [1.29, 1.82) is 0 Å². The number of hydrogen-bond acceptors (Lipinski definition) is 4. The topological polar surface area (TPSA) is 75.6 Å². The zero-order chi connectivity index (χ0) is 14.9. The first kappa shape index (κ1) is 13.9. The molecule has 3 heterocycles. The Hall–Kier alpha value is -1.69. The van der Waals surface area contributed by atoms with E-state index in [9.17, 15) is 4.79 Å². The van der Waals surface area contributed by atoms with E-state index in [0.717, 1.165) is 50.2 Å². The summed E-state index contributed by atoms with van der Waals surface area (Å²) in [5.41, 5.74) is 0.726. The van der Waals surface area contributed by atoms with Crippen LogP contribution in [0.5, 0.6) is 0 Å². The van der Waals surface area contributed by atoms with Gasteiger partial charge >= 0.3 is 0 Å². The summed E-state index contributed by atoms with van der Waals surface area (Å²) in [7, 11) is 0. The van der Waals surface area contributed by atoms with E-state index in [1.54, 1.807) is 6.20 Å². The molecule has 2 aromatic rings. The van der Waals surface area contributed by atoms with E-state index in [2.05, 4.69) is 15.4 Å². The van der Waals surface area contributed by atoms with Gasteiger partial charge in [-0.1, -0.05) is 19.3 Å². The fraction of sp³-hybridized carbons (Fsp3) is 0.688. The van der Waals surface area contributed by atoms with Crippen molar-refractivity contribution in [2.24, 2.45) is 0 Å². The van der Waals surface area contributed by atoms with Gasteiger partial charge in [0, 0.05) is 12.5 Å². The molecule has 1 atom stereocenters. The molecule has 22 heavy (non-hydrogen) atoms. The summed E-state index contributed by atoms with van der Waals surface area (Å²) in [5.74, 6) is 1.13. The molecule has 0 bridgehead atoms. The van der Waals surface area contributed by atoms with Crippen LogP contribution in [0.3, 0.4) is 0 Å². The number of nitrogens with zero attached hydrogens (tertiary/aromatic N) is 3. The largest absolute Gasteiger partial charge is 0.316 e. The minimum atomic E-state index is -0.0485. The van der Waals surface area contributed by atoms with Gasteiger partial charge in [-0.15, -0.1) is 0 Å². The molecule has 1 aliphatic heterocycles. The fourth-order valence-corrected chi connectivity index (χ4v) is 3.82. The lowest BCUT2D eigenvalue weighted by Crippen LogP contribution is -2.30. The SMILES string of the molecule is O=c1[nH]c(C2CCCNC2)nc2c1cnn2C1CCCCC1. The van der Waals surface area contributed by atoms with Crippen LogP contribution in [0.1, 0.15) is 62.7 Å². The first-order chi connectivity index (χ1) is 10.8. The number of aromatic amines is 1. The summed E-state index contributed by atoms with van der Waals surface area (Å²) in [4.78, 5) is 20.1. The Morgan fingerprint density at radius 3 is 2.77 bits per heavy atom. The molecule has 6 nitrogen and oxygen atoms in total. The Morgan fingerprint density at radius 2 is 2.00 bits per heavy atom. The molecule has 2 fully saturated rings. The number of H-pyrrole nitrogens is 1. The Labute approximate surface area is 129 Å². The summed E-state index contributed by atoms with van der Waals surface area (Å²) in [6.07, 6.45) is 9.98. The van der Waals surface area contributed by atoms with Gasteiger partial charge in [-0.05, 0) is 32.2 Å². The monoisotopic (exact) mass is 301 g/mol. The van der Waals surface area contributed by atoms with Crippen molar-refractivity contribution in [2.75, 3.05) is 13.1 Å². The van der Waals surface area contributed by atoms with Gasteiger partial charge in [0.25, 0.3) is 5.56 Å². The molecule has 6 heteroatoms. The van der Waals surface area contributed by atoms with Crippen molar-refractivity contribution in [2.45, 2.75) is 56.9 Å². The molecule has 0 radical (unpaired) electrons. The van der Waals surface area contributed by atoms with Crippen molar-refractivity contribution in [3.8, 4) is 0 Å². The lowest BCUT2D eigenvalue weighted by Gasteiger charge is -2.23. The van der Waals surface area contributed by atoms with Gasteiger partial charge in [-0.3, -0.25) is 4.79 Å². The molecule has 118 valence electrons. The summed E-state index contributed by atoms with van der Waals surface area (Å²) >= 11 is 0. The predicted molar refractivity (Wildman–Crippen MR) is 85.1 cm³/mol. The number of fused-ring (bicyclic) bond motifs is 1. The van der Waals surface area contributed by atoms with E-state index >= 15 is 0 Å². The van der Waals surface area contributed by atoms with Crippen LogP contribution in [0, 0.1) is 0 Å². The van der Waals surface area contributed by atoms with Crippen LogP contribution in [0.15, 0.2) is 11.0 Å². The van der Waals surface area contributed by atoms with Crippen LogP contribution in [-0.2, 0) is 0 Å². The fourth-order valence-electron chi connectivity index (χ4n) is 3.82. The second-order valence-electron chi connectivity index (χ2n) is 6.61. The first-order valence-corrected chi connectivity index (χ1v) is 8.51. The van der Waals surface area contributed by atoms with E-state index < -0.39 is 0 Å². The number of piperidine rings is 1. The van der Waals surface area contributed by atoms with Gasteiger partial charge in [0.1, 0.15) is 11.2 Å². The summed E-state index contributed by atoms with van der Waals surface area (Å²) < 4.78 is 2.00. The van der Waals surface area contributed by atoms with Crippen LogP contribution in [-0.4, -0.2) is 32.8 Å². The molecule has 1 unspecified atom stereocenters. The summed E-state index contributed by atoms with van der Waals surface area (Å²) in [6.45, 7) is 1.95. The molecule has 4 rings (SSSR count). The smallest absolute Gasteiger partial charge is 0.262 e. The van der Waals surface area contributed by atoms with Gasteiger partial charge in [0.2, 0.25) is 0 Å². The van der Waals surface area contributed by atoms with E-state index in [-0.39, 0.29) is 5.56 Å². The molecule has 0 spiro atoms. The number of aromatic nitrogens is 4. The Balaban J connectivity index is 1.75. The van der Waals surface area contributed by atoms with Crippen LogP contribution in [0.25, 0.3) is 11.0 Å².